The second-order valence-electron chi connectivity index (χ2n) is 5.32. The van der Waals surface area contributed by atoms with E-state index in [1.165, 1.54) is 18.7 Å². The minimum Gasteiger partial charge on any atom is -0.331 e. The molecule has 2 aromatic rings. The van der Waals surface area contributed by atoms with Crippen molar-refractivity contribution in [3.8, 4) is 0 Å². The van der Waals surface area contributed by atoms with E-state index in [1.807, 2.05) is 24.7 Å². The summed E-state index contributed by atoms with van der Waals surface area (Å²) in [6.07, 6.45) is 10.6. The summed E-state index contributed by atoms with van der Waals surface area (Å²) in [4.78, 5) is 6.92. The molecule has 5 heteroatoms. The van der Waals surface area contributed by atoms with Gasteiger partial charge in [-0.05, 0) is 18.9 Å². The highest BCUT2D eigenvalue weighted by Crippen LogP contribution is 2.36. The van der Waals surface area contributed by atoms with E-state index in [2.05, 4.69) is 30.4 Å². The van der Waals surface area contributed by atoms with Crippen molar-refractivity contribution in [1.29, 1.82) is 0 Å². The molecular formula is C13H17N5. The third-order valence-electron chi connectivity index (χ3n) is 3.89. The van der Waals surface area contributed by atoms with E-state index in [4.69, 9.17) is 0 Å². The number of hydrogen-bond donors (Lipinski definition) is 0. The van der Waals surface area contributed by atoms with E-state index in [0.29, 0.717) is 6.04 Å². The second-order valence-corrected chi connectivity index (χ2v) is 5.32. The highest BCUT2D eigenvalue weighted by Gasteiger charge is 2.31. The van der Waals surface area contributed by atoms with Crippen LogP contribution in [0.15, 0.2) is 30.9 Å². The van der Waals surface area contributed by atoms with E-state index < -0.39 is 0 Å². The fourth-order valence-corrected chi connectivity index (χ4v) is 2.69. The summed E-state index contributed by atoms with van der Waals surface area (Å²) in [7, 11) is 0. The molecule has 1 aliphatic carbocycles. The molecule has 0 radical (unpaired) electrons. The molecule has 0 aromatic carbocycles. The molecular weight excluding hydrogens is 226 g/mol. The SMILES string of the molecule is c1cnn(C2CN(Cc3nccn3C3CC3)C2)c1. The Balaban J connectivity index is 1.38. The van der Waals surface area contributed by atoms with E-state index in [-0.39, 0.29) is 0 Å². The minimum atomic E-state index is 0.546. The molecule has 94 valence electrons. The molecule has 4 rings (SSSR count). The maximum atomic E-state index is 4.49. The fraction of sp³-hybridized carbons (Fsp3) is 0.538. The Kier molecular flexibility index (Phi) is 2.26. The van der Waals surface area contributed by atoms with Gasteiger partial charge in [-0.2, -0.15) is 5.10 Å². The van der Waals surface area contributed by atoms with Crippen LogP contribution in [0.4, 0.5) is 0 Å². The van der Waals surface area contributed by atoms with Gasteiger partial charge >= 0.3 is 0 Å². The third-order valence-corrected chi connectivity index (χ3v) is 3.89. The van der Waals surface area contributed by atoms with Crippen LogP contribution in [0.2, 0.25) is 0 Å². The van der Waals surface area contributed by atoms with Crippen LogP contribution in [0.1, 0.15) is 30.7 Å². The molecule has 1 aliphatic heterocycles. The van der Waals surface area contributed by atoms with Crippen LogP contribution < -0.4 is 0 Å². The second kappa shape index (κ2) is 3.95. The highest BCUT2D eigenvalue weighted by molar-refractivity contribution is 5.01. The normalized spacial score (nSPS) is 21.1. The molecule has 0 unspecified atom stereocenters. The van der Waals surface area contributed by atoms with Crippen LogP contribution in [0.5, 0.6) is 0 Å². The minimum absolute atomic E-state index is 0.546. The average Bonchev–Trinajstić information content (AvgIpc) is 2.87. The smallest absolute Gasteiger partial charge is 0.123 e. The molecule has 0 amide bonds. The molecule has 0 N–H and O–H groups in total. The Morgan fingerprint density at radius 3 is 2.72 bits per heavy atom. The zero-order chi connectivity index (χ0) is 11.9. The summed E-state index contributed by atoms with van der Waals surface area (Å²) in [5.74, 6) is 1.22. The number of imidazole rings is 1. The predicted octanol–water partition coefficient (Wildman–Crippen LogP) is 1.47. The Bertz CT molecular complexity index is 519. The maximum absolute atomic E-state index is 4.49. The monoisotopic (exact) mass is 243 g/mol. The zero-order valence-electron chi connectivity index (χ0n) is 10.3. The van der Waals surface area contributed by atoms with E-state index in [0.717, 1.165) is 25.7 Å². The molecule has 18 heavy (non-hydrogen) atoms. The van der Waals surface area contributed by atoms with Crippen LogP contribution in [0.25, 0.3) is 0 Å². The van der Waals surface area contributed by atoms with Crippen molar-refractivity contribution >= 4 is 0 Å². The van der Waals surface area contributed by atoms with E-state index in [1.54, 1.807) is 0 Å². The molecule has 1 saturated carbocycles. The van der Waals surface area contributed by atoms with Gasteiger partial charge in [0.1, 0.15) is 5.82 Å². The van der Waals surface area contributed by atoms with Gasteiger partial charge in [0, 0.05) is 43.9 Å². The average molecular weight is 243 g/mol. The molecule has 1 saturated heterocycles. The molecule has 0 bridgehead atoms. The first-order valence-corrected chi connectivity index (χ1v) is 6.63. The van der Waals surface area contributed by atoms with Gasteiger partial charge in [-0.3, -0.25) is 9.58 Å². The van der Waals surface area contributed by atoms with Crippen molar-refractivity contribution in [1.82, 2.24) is 24.2 Å². The Morgan fingerprint density at radius 1 is 1.11 bits per heavy atom. The Morgan fingerprint density at radius 2 is 2.00 bits per heavy atom. The van der Waals surface area contributed by atoms with Crippen molar-refractivity contribution in [3.05, 3.63) is 36.7 Å². The first kappa shape index (κ1) is 10.3. The molecule has 3 heterocycles. The summed E-state index contributed by atoms with van der Waals surface area (Å²) in [5.41, 5.74) is 0. The van der Waals surface area contributed by atoms with Crippen LogP contribution in [0.3, 0.4) is 0 Å². The van der Waals surface area contributed by atoms with Gasteiger partial charge in [-0.15, -0.1) is 0 Å². The molecule has 0 atom stereocenters. The zero-order valence-corrected chi connectivity index (χ0v) is 10.3. The molecule has 5 nitrogen and oxygen atoms in total. The highest BCUT2D eigenvalue weighted by atomic mass is 15.4. The fourth-order valence-electron chi connectivity index (χ4n) is 2.69. The van der Waals surface area contributed by atoms with E-state index >= 15 is 0 Å². The quantitative estimate of drug-likeness (QED) is 0.816. The van der Waals surface area contributed by atoms with Crippen molar-refractivity contribution in [2.24, 2.45) is 0 Å². The predicted molar refractivity (Wildman–Crippen MR) is 67.0 cm³/mol. The van der Waals surface area contributed by atoms with E-state index in [9.17, 15) is 0 Å². The Hall–Kier alpha value is -1.62. The summed E-state index contributed by atoms with van der Waals surface area (Å²) in [6, 6.07) is 3.26. The first-order valence-electron chi connectivity index (χ1n) is 6.63. The van der Waals surface area contributed by atoms with Gasteiger partial charge in [0.25, 0.3) is 0 Å². The standard InChI is InChI=1S/C13H17N5/c1-4-15-18(6-1)12-8-16(9-12)10-13-14-5-7-17(13)11-2-3-11/h1,4-7,11-12H,2-3,8-10H2. The number of rotatable bonds is 4. The third kappa shape index (κ3) is 1.75. The lowest BCUT2D eigenvalue weighted by Crippen LogP contribution is -2.47. The number of nitrogens with zero attached hydrogens (tertiary/aromatic N) is 5. The van der Waals surface area contributed by atoms with Gasteiger partial charge in [-0.25, -0.2) is 4.98 Å². The summed E-state index contributed by atoms with van der Waals surface area (Å²) in [5, 5.41) is 4.29. The van der Waals surface area contributed by atoms with Gasteiger partial charge in [0.15, 0.2) is 0 Å². The van der Waals surface area contributed by atoms with Crippen LogP contribution in [-0.2, 0) is 6.54 Å². The molecule has 2 aliphatic rings. The number of aromatic nitrogens is 4. The van der Waals surface area contributed by atoms with Crippen LogP contribution in [0, 0.1) is 0 Å². The topological polar surface area (TPSA) is 38.9 Å². The van der Waals surface area contributed by atoms with Crippen LogP contribution >= 0.6 is 0 Å². The molecule has 2 fully saturated rings. The van der Waals surface area contributed by atoms with Crippen molar-refractivity contribution in [2.45, 2.75) is 31.5 Å². The summed E-state index contributed by atoms with van der Waals surface area (Å²) in [6.45, 7) is 3.14. The molecule has 0 spiro atoms. The summed E-state index contributed by atoms with van der Waals surface area (Å²) < 4.78 is 4.41. The molecule has 2 aromatic heterocycles. The van der Waals surface area contributed by atoms with Gasteiger partial charge < -0.3 is 4.57 Å². The lowest BCUT2D eigenvalue weighted by atomic mass is 10.1. The lowest BCUT2D eigenvalue weighted by Gasteiger charge is -2.38. The van der Waals surface area contributed by atoms with Crippen molar-refractivity contribution in [3.63, 3.8) is 0 Å². The summed E-state index contributed by atoms with van der Waals surface area (Å²) >= 11 is 0. The maximum Gasteiger partial charge on any atom is 0.123 e. The van der Waals surface area contributed by atoms with Gasteiger partial charge in [-0.1, -0.05) is 0 Å². The Labute approximate surface area is 106 Å². The number of likely N-dealkylation sites (tertiary alicyclic amines) is 1. The van der Waals surface area contributed by atoms with Gasteiger partial charge in [0.05, 0.1) is 12.6 Å². The lowest BCUT2D eigenvalue weighted by molar-refractivity contribution is 0.0868. The van der Waals surface area contributed by atoms with Crippen LogP contribution in [-0.4, -0.2) is 37.3 Å². The first-order chi connectivity index (χ1) is 8.90. The largest absolute Gasteiger partial charge is 0.331 e. The van der Waals surface area contributed by atoms with Crippen molar-refractivity contribution < 1.29 is 0 Å². The number of hydrogen-bond acceptors (Lipinski definition) is 3. The van der Waals surface area contributed by atoms with Gasteiger partial charge in [0.2, 0.25) is 0 Å². The van der Waals surface area contributed by atoms with Crippen molar-refractivity contribution in [2.75, 3.05) is 13.1 Å².